The monoisotopic (exact) mass is 535 g/mol. The molecule has 1 heterocycles. The third-order valence-corrected chi connectivity index (χ3v) is 6.78. The number of halogens is 2. The van der Waals surface area contributed by atoms with E-state index in [0.717, 1.165) is 4.47 Å². The second-order valence-electron chi connectivity index (χ2n) is 7.90. The smallest absolute Gasteiger partial charge is 0.318 e. The Morgan fingerprint density at radius 3 is 2.21 bits per heavy atom. The molecule has 0 radical (unpaired) electrons. The van der Waals surface area contributed by atoms with Crippen LogP contribution < -0.4 is 0 Å². The number of Topliss-reactive ketones (excluding diaryl/α,β-unsaturated/α-hetero) is 1. The molecular formula is C25H27BrClNO5. The quantitative estimate of drug-likeness (QED) is 0.277. The van der Waals surface area contributed by atoms with Gasteiger partial charge in [0.1, 0.15) is 5.92 Å². The molecular weight excluding hydrogens is 510 g/mol. The molecule has 1 fully saturated rings. The summed E-state index contributed by atoms with van der Waals surface area (Å²) in [5.74, 6) is -3.65. The van der Waals surface area contributed by atoms with Gasteiger partial charge in [0.2, 0.25) is 5.91 Å². The molecule has 8 heteroatoms. The summed E-state index contributed by atoms with van der Waals surface area (Å²) in [6.07, 6.45) is 0.437. The first-order valence-corrected chi connectivity index (χ1v) is 12.0. The lowest BCUT2D eigenvalue weighted by Crippen LogP contribution is -2.49. The van der Waals surface area contributed by atoms with Gasteiger partial charge in [-0.25, -0.2) is 0 Å². The van der Waals surface area contributed by atoms with E-state index in [2.05, 4.69) is 15.9 Å². The molecule has 2 aromatic rings. The van der Waals surface area contributed by atoms with Crippen LogP contribution in [0.1, 0.15) is 35.2 Å². The molecule has 1 aliphatic rings. The number of carbonyl (C=O) groups is 3. The summed E-state index contributed by atoms with van der Waals surface area (Å²) < 4.78 is 11.3. The number of benzene rings is 2. The summed E-state index contributed by atoms with van der Waals surface area (Å²) in [6, 6.07) is 14.0. The Labute approximate surface area is 207 Å². The number of rotatable bonds is 8. The van der Waals surface area contributed by atoms with E-state index in [1.165, 1.54) is 7.11 Å². The van der Waals surface area contributed by atoms with E-state index in [9.17, 15) is 14.4 Å². The lowest BCUT2D eigenvalue weighted by atomic mass is 9.72. The highest BCUT2D eigenvalue weighted by atomic mass is 79.9. The number of methoxy groups -OCH3 is 1. The maximum Gasteiger partial charge on any atom is 0.318 e. The molecule has 3 atom stereocenters. The lowest BCUT2D eigenvalue weighted by Gasteiger charge is -2.35. The molecule has 0 aromatic heterocycles. The molecule has 176 valence electrons. The molecule has 0 bridgehead atoms. The van der Waals surface area contributed by atoms with Crippen molar-refractivity contribution in [3.63, 3.8) is 0 Å². The highest BCUT2D eigenvalue weighted by molar-refractivity contribution is 9.10. The van der Waals surface area contributed by atoms with Crippen LogP contribution in [0, 0.1) is 11.8 Å². The third kappa shape index (κ3) is 6.02. The van der Waals surface area contributed by atoms with Gasteiger partial charge in [-0.15, -0.1) is 0 Å². The molecule has 2 aromatic carbocycles. The topological polar surface area (TPSA) is 72.9 Å². The molecule has 0 N–H and O–H groups in total. The van der Waals surface area contributed by atoms with Gasteiger partial charge in [-0.3, -0.25) is 14.4 Å². The zero-order valence-electron chi connectivity index (χ0n) is 18.6. The van der Waals surface area contributed by atoms with Gasteiger partial charge in [0.15, 0.2) is 5.78 Å². The second-order valence-corrected chi connectivity index (χ2v) is 9.25. The number of ether oxygens (including phenoxy) is 2. The van der Waals surface area contributed by atoms with E-state index >= 15 is 0 Å². The average Bonchev–Trinajstić information content (AvgIpc) is 2.84. The summed E-state index contributed by atoms with van der Waals surface area (Å²) in [7, 11) is 1.26. The van der Waals surface area contributed by atoms with E-state index in [-0.39, 0.29) is 11.7 Å². The van der Waals surface area contributed by atoms with Crippen molar-refractivity contribution >= 4 is 45.2 Å². The Kier molecular flexibility index (Phi) is 9.06. The van der Waals surface area contributed by atoms with Crippen molar-refractivity contribution in [1.82, 2.24) is 4.90 Å². The maximum atomic E-state index is 13.6. The van der Waals surface area contributed by atoms with Gasteiger partial charge in [-0.2, -0.15) is 0 Å². The first-order chi connectivity index (χ1) is 15.9. The van der Waals surface area contributed by atoms with Crippen LogP contribution in [0.3, 0.4) is 0 Å². The van der Waals surface area contributed by atoms with Crippen molar-refractivity contribution in [3.8, 4) is 0 Å². The van der Waals surface area contributed by atoms with Crippen molar-refractivity contribution in [3.05, 3.63) is 69.2 Å². The van der Waals surface area contributed by atoms with Crippen LogP contribution in [0.15, 0.2) is 53.0 Å². The first-order valence-electron chi connectivity index (χ1n) is 10.9. The van der Waals surface area contributed by atoms with Crippen LogP contribution in [0.4, 0.5) is 0 Å². The highest BCUT2D eigenvalue weighted by Gasteiger charge is 2.45. The van der Waals surface area contributed by atoms with E-state index in [0.29, 0.717) is 48.9 Å². The van der Waals surface area contributed by atoms with E-state index < -0.39 is 23.7 Å². The average molecular weight is 537 g/mol. The minimum Gasteiger partial charge on any atom is -0.468 e. The van der Waals surface area contributed by atoms with Gasteiger partial charge < -0.3 is 14.4 Å². The number of nitrogens with zero attached hydrogens (tertiary/aromatic N) is 1. The minimum absolute atomic E-state index is 0.131. The van der Waals surface area contributed by atoms with Gasteiger partial charge >= 0.3 is 5.97 Å². The van der Waals surface area contributed by atoms with E-state index in [1.54, 1.807) is 53.4 Å². The van der Waals surface area contributed by atoms with E-state index in [4.69, 9.17) is 21.1 Å². The van der Waals surface area contributed by atoms with Gasteiger partial charge in [-0.1, -0.05) is 58.7 Å². The van der Waals surface area contributed by atoms with Crippen molar-refractivity contribution in [1.29, 1.82) is 0 Å². The van der Waals surface area contributed by atoms with Crippen LogP contribution in [-0.4, -0.2) is 56.0 Å². The number of hydrogen-bond acceptors (Lipinski definition) is 5. The molecule has 0 unspecified atom stereocenters. The standard InChI is InChI=1S/C25H27BrClNO5/c1-3-20(23(29)17-4-8-18(26)9-5-17)21(16-6-10-19(27)11-7-16)22(25(31)32-2)24(30)28-12-14-33-15-13-28/h4-11,20-22H,3,12-15H2,1-2H3/t20-,21+,22-/m0/s1. The Hall–Kier alpha value is -2.22. The summed E-state index contributed by atoms with van der Waals surface area (Å²) in [6.45, 7) is 3.46. The molecule has 6 nitrogen and oxygen atoms in total. The Morgan fingerprint density at radius 1 is 1.06 bits per heavy atom. The van der Waals surface area contributed by atoms with Crippen molar-refractivity contribution in [2.45, 2.75) is 19.3 Å². The number of hydrogen-bond donors (Lipinski definition) is 0. The van der Waals surface area contributed by atoms with Crippen molar-refractivity contribution < 1.29 is 23.9 Å². The zero-order chi connectivity index (χ0) is 24.0. The summed E-state index contributed by atoms with van der Waals surface area (Å²) in [5, 5.41) is 0.527. The van der Waals surface area contributed by atoms with Crippen molar-refractivity contribution in [2.75, 3.05) is 33.4 Å². The minimum atomic E-state index is -1.17. The number of carbonyl (C=O) groups excluding carboxylic acids is 3. The summed E-state index contributed by atoms with van der Waals surface area (Å²) >= 11 is 9.50. The van der Waals surface area contributed by atoms with Crippen LogP contribution in [-0.2, 0) is 19.1 Å². The number of amides is 1. The largest absolute Gasteiger partial charge is 0.468 e. The molecule has 0 aliphatic carbocycles. The zero-order valence-corrected chi connectivity index (χ0v) is 21.0. The Balaban J connectivity index is 2.09. The summed E-state index contributed by atoms with van der Waals surface area (Å²) in [5.41, 5.74) is 1.21. The normalized spacial score (nSPS) is 16.5. The SMILES string of the molecule is CC[C@H](C(=O)c1ccc(Br)cc1)[C@@H](c1ccc(Cl)cc1)[C@H](C(=O)OC)C(=O)N1CCOCC1. The van der Waals surface area contributed by atoms with Gasteiger partial charge in [-0.05, 0) is 36.2 Å². The third-order valence-electron chi connectivity index (χ3n) is 6.00. The van der Waals surface area contributed by atoms with Gasteiger partial charge in [0.05, 0.1) is 20.3 Å². The maximum absolute atomic E-state index is 13.6. The molecule has 1 aliphatic heterocycles. The predicted octanol–water partition coefficient (Wildman–Crippen LogP) is 4.74. The highest BCUT2D eigenvalue weighted by Crippen LogP contribution is 2.39. The molecule has 1 saturated heterocycles. The predicted molar refractivity (Wildman–Crippen MR) is 129 cm³/mol. The van der Waals surface area contributed by atoms with Gasteiger partial charge in [0, 0.05) is 40.0 Å². The summed E-state index contributed by atoms with van der Waals surface area (Å²) in [4.78, 5) is 41.9. The molecule has 0 saturated carbocycles. The second kappa shape index (κ2) is 11.8. The number of esters is 1. The molecule has 3 rings (SSSR count). The molecule has 0 spiro atoms. The fourth-order valence-electron chi connectivity index (χ4n) is 4.28. The molecule has 33 heavy (non-hydrogen) atoms. The number of ketones is 1. The fourth-order valence-corrected chi connectivity index (χ4v) is 4.67. The van der Waals surface area contributed by atoms with Crippen molar-refractivity contribution in [2.24, 2.45) is 11.8 Å². The van der Waals surface area contributed by atoms with Crippen LogP contribution in [0.5, 0.6) is 0 Å². The fraction of sp³-hybridized carbons (Fsp3) is 0.400. The molecule has 1 amide bonds. The van der Waals surface area contributed by atoms with Crippen LogP contribution in [0.2, 0.25) is 5.02 Å². The lowest BCUT2D eigenvalue weighted by molar-refractivity contribution is -0.157. The van der Waals surface area contributed by atoms with E-state index in [1.807, 2.05) is 6.92 Å². The van der Waals surface area contributed by atoms with Crippen LogP contribution >= 0.6 is 27.5 Å². The van der Waals surface area contributed by atoms with Gasteiger partial charge in [0.25, 0.3) is 0 Å². The Bertz CT molecular complexity index is 973. The Morgan fingerprint density at radius 2 is 1.67 bits per heavy atom. The van der Waals surface area contributed by atoms with Crippen LogP contribution in [0.25, 0.3) is 0 Å². The number of morpholine rings is 1. The first kappa shape index (κ1) is 25.4.